The van der Waals surface area contributed by atoms with E-state index in [0.29, 0.717) is 16.7 Å². The summed E-state index contributed by atoms with van der Waals surface area (Å²) < 4.78 is 66.5. The fourth-order valence-electron chi connectivity index (χ4n) is 3.49. The van der Waals surface area contributed by atoms with Gasteiger partial charge >= 0.3 is 6.18 Å². The molecule has 182 valence electrons. The molecule has 0 radical (unpaired) electrons. The van der Waals surface area contributed by atoms with E-state index >= 15 is 0 Å². The van der Waals surface area contributed by atoms with Crippen molar-refractivity contribution in [1.82, 2.24) is 9.62 Å². The number of hydrogen-bond donors (Lipinski definition) is 1. The molecule has 0 spiro atoms. The number of amides is 1. The lowest BCUT2D eigenvalue weighted by Crippen LogP contribution is -2.26. The number of fused-ring (bicyclic) bond motifs is 1. The van der Waals surface area contributed by atoms with Gasteiger partial charge in [0.15, 0.2) is 0 Å². The maximum Gasteiger partial charge on any atom is 0.416 e. The van der Waals surface area contributed by atoms with Crippen molar-refractivity contribution in [3.8, 4) is 0 Å². The van der Waals surface area contributed by atoms with Crippen LogP contribution in [0.5, 0.6) is 0 Å². The maximum atomic E-state index is 13.1. The topological polar surface area (TPSA) is 66.5 Å². The van der Waals surface area contributed by atoms with Gasteiger partial charge in [0.05, 0.1) is 5.56 Å². The third kappa shape index (κ3) is 5.72. The van der Waals surface area contributed by atoms with Gasteiger partial charge in [-0.3, -0.25) is 4.79 Å². The number of alkyl halides is 3. The number of nitrogens with one attached hydrogen (secondary N) is 1. The summed E-state index contributed by atoms with van der Waals surface area (Å²) in [5, 5.41) is 3.53. The van der Waals surface area contributed by atoms with E-state index in [1.54, 1.807) is 30.3 Å². The summed E-state index contributed by atoms with van der Waals surface area (Å²) in [4.78, 5) is 12.6. The van der Waals surface area contributed by atoms with Crippen molar-refractivity contribution < 1.29 is 26.4 Å². The molecule has 10 heteroatoms. The van der Waals surface area contributed by atoms with Gasteiger partial charge in [-0.25, -0.2) is 8.42 Å². The summed E-state index contributed by atoms with van der Waals surface area (Å²) in [6.45, 7) is 0.123. The molecule has 4 rings (SSSR count). The molecule has 0 saturated heterocycles. The van der Waals surface area contributed by atoms with Gasteiger partial charge in [0.1, 0.15) is 4.21 Å². The first kappa shape index (κ1) is 24.9. The minimum absolute atomic E-state index is 0.0570. The summed E-state index contributed by atoms with van der Waals surface area (Å²) in [5.74, 6) is -0.415. The van der Waals surface area contributed by atoms with E-state index in [1.165, 1.54) is 34.8 Å². The van der Waals surface area contributed by atoms with Gasteiger partial charge in [-0.1, -0.05) is 42.5 Å². The van der Waals surface area contributed by atoms with E-state index in [9.17, 15) is 26.4 Å². The van der Waals surface area contributed by atoms with Gasteiger partial charge in [0.25, 0.3) is 15.9 Å². The van der Waals surface area contributed by atoms with E-state index in [0.717, 1.165) is 22.2 Å². The van der Waals surface area contributed by atoms with Crippen molar-refractivity contribution in [3.05, 3.63) is 101 Å². The molecule has 1 aromatic heterocycles. The average molecular weight is 519 g/mol. The summed E-state index contributed by atoms with van der Waals surface area (Å²) in [5.41, 5.74) is 0.716. The fraction of sp³-hybridized carbons (Fsp3) is 0.160. The monoisotopic (exact) mass is 518 g/mol. The van der Waals surface area contributed by atoms with E-state index in [2.05, 4.69) is 5.32 Å². The summed E-state index contributed by atoms with van der Waals surface area (Å²) in [7, 11) is -2.24. The van der Waals surface area contributed by atoms with Crippen LogP contribution >= 0.6 is 11.3 Å². The van der Waals surface area contributed by atoms with Crippen molar-refractivity contribution in [3.63, 3.8) is 0 Å². The van der Waals surface area contributed by atoms with Crippen molar-refractivity contribution in [2.45, 2.75) is 23.5 Å². The molecule has 3 aromatic carbocycles. The van der Waals surface area contributed by atoms with E-state index in [-0.39, 0.29) is 17.3 Å². The number of nitrogens with zero attached hydrogens (tertiary/aromatic N) is 1. The summed E-state index contributed by atoms with van der Waals surface area (Å²) in [6, 6.07) is 20.2. The molecule has 1 N–H and O–H groups in total. The highest BCUT2D eigenvalue weighted by Crippen LogP contribution is 2.31. The highest BCUT2D eigenvalue weighted by Gasteiger charge is 2.30. The Balaban J connectivity index is 1.42. The van der Waals surface area contributed by atoms with Crippen LogP contribution in [-0.4, -0.2) is 25.7 Å². The Morgan fingerprint density at radius 2 is 1.66 bits per heavy atom. The van der Waals surface area contributed by atoms with Crippen LogP contribution < -0.4 is 5.32 Å². The van der Waals surface area contributed by atoms with Crippen molar-refractivity contribution in [1.29, 1.82) is 0 Å². The van der Waals surface area contributed by atoms with E-state index in [4.69, 9.17) is 0 Å². The summed E-state index contributed by atoms with van der Waals surface area (Å²) in [6.07, 6.45) is -4.42. The van der Waals surface area contributed by atoms with E-state index < -0.39 is 27.7 Å². The van der Waals surface area contributed by atoms with Crippen molar-refractivity contribution >= 4 is 37.4 Å². The predicted octanol–water partition coefficient (Wildman–Crippen LogP) is 5.67. The Hall–Kier alpha value is -3.21. The van der Waals surface area contributed by atoms with Gasteiger partial charge in [0, 0.05) is 30.4 Å². The minimum atomic E-state index is -4.42. The maximum absolute atomic E-state index is 13.1. The molecule has 0 unspecified atom stereocenters. The van der Waals surface area contributed by atoms with Crippen LogP contribution in [0, 0.1) is 0 Å². The molecule has 35 heavy (non-hydrogen) atoms. The first-order chi connectivity index (χ1) is 16.5. The lowest BCUT2D eigenvalue weighted by molar-refractivity contribution is -0.137. The number of carbonyl (C=O) groups excluding carboxylic acids is 1. The molecule has 0 saturated carbocycles. The molecular formula is C25H21F3N2O3S2. The first-order valence-corrected chi connectivity index (χ1v) is 12.8. The Labute approximate surface area is 204 Å². The predicted molar refractivity (Wildman–Crippen MR) is 130 cm³/mol. The normalized spacial score (nSPS) is 12.3. The Bertz CT molecular complexity index is 1430. The molecule has 0 fully saturated rings. The molecule has 4 aromatic rings. The molecule has 0 bridgehead atoms. The Kier molecular flexibility index (Phi) is 6.98. The Morgan fingerprint density at radius 3 is 2.34 bits per heavy atom. The van der Waals surface area contributed by atoms with Crippen LogP contribution in [0.1, 0.15) is 27.0 Å². The molecule has 0 aliphatic carbocycles. The van der Waals surface area contributed by atoms with Gasteiger partial charge in [-0.2, -0.15) is 17.5 Å². The second-order valence-corrected chi connectivity index (χ2v) is 11.3. The average Bonchev–Trinajstić information content (AvgIpc) is 3.28. The zero-order valence-corrected chi connectivity index (χ0v) is 20.2. The number of carbonyl (C=O) groups is 1. The number of thiophene rings is 1. The molecule has 0 atom stereocenters. The molecule has 1 amide bonds. The van der Waals surface area contributed by atoms with Crippen LogP contribution in [0.25, 0.3) is 10.1 Å². The van der Waals surface area contributed by atoms with E-state index in [1.807, 2.05) is 24.3 Å². The highest BCUT2D eigenvalue weighted by atomic mass is 32.2. The smallest absolute Gasteiger partial charge is 0.348 e. The van der Waals surface area contributed by atoms with Gasteiger partial charge in [-0.15, -0.1) is 11.3 Å². The third-order valence-electron chi connectivity index (χ3n) is 5.40. The zero-order valence-electron chi connectivity index (χ0n) is 18.5. The van der Waals surface area contributed by atoms with Crippen LogP contribution in [0.15, 0.2) is 83.1 Å². The minimum Gasteiger partial charge on any atom is -0.348 e. The zero-order chi connectivity index (χ0) is 25.2. The first-order valence-electron chi connectivity index (χ1n) is 10.5. The second-order valence-electron chi connectivity index (χ2n) is 7.94. The van der Waals surface area contributed by atoms with Gasteiger partial charge in [0.2, 0.25) is 0 Å². The number of sulfonamides is 1. The third-order valence-corrected chi connectivity index (χ3v) is 8.76. The SMILES string of the molecule is CN(Cc1cccc(C(=O)NCc2ccc(C(F)(F)F)cc2)c1)S(=O)(=O)c1cc2ccccc2s1. The summed E-state index contributed by atoms with van der Waals surface area (Å²) >= 11 is 1.20. The van der Waals surface area contributed by atoms with Crippen LogP contribution in [-0.2, 0) is 29.3 Å². The molecule has 1 heterocycles. The molecule has 0 aliphatic rings. The molecule has 0 aliphatic heterocycles. The lowest BCUT2D eigenvalue weighted by Gasteiger charge is -2.16. The highest BCUT2D eigenvalue weighted by molar-refractivity contribution is 7.91. The number of benzene rings is 3. The van der Waals surface area contributed by atoms with Gasteiger partial charge in [-0.05, 0) is 52.9 Å². The van der Waals surface area contributed by atoms with Gasteiger partial charge < -0.3 is 5.32 Å². The van der Waals surface area contributed by atoms with Crippen LogP contribution in [0.2, 0.25) is 0 Å². The number of hydrogen-bond acceptors (Lipinski definition) is 4. The molecule has 5 nitrogen and oxygen atoms in total. The number of rotatable bonds is 7. The van der Waals surface area contributed by atoms with Crippen molar-refractivity contribution in [2.24, 2.45) is 0 Å². The van der Waals surface area contributed by atoms with Crippen molar-refractivity contribution in [2.75, 3.05) is 7.05 Å². The largest absolute Gasteiger partial charge is 0.416 e. The van der Waals surface area contributed by atoms with Crippen LogP contribution in [0.3, 0.4) is 0 Å². The standard InChI is InChI=1S/C25H21F3N2O3S2/c1-30(35(32,33)23-14-19-6-2-3-8-22(19)34-23)16-18-5-4-7-20(13-18)24(31)29-15-17-9-11-21(12-10-17)25(26,27)28/h2-14H,15-16H2,1H3,(H,29,31). The quantitative estimate of drug-likeness (QED) is 0.343. The van der Waals surface area contributed by atoms with Crippen LogP contribution in [0.4, 0.5) is 13.2 Å². The Morgan fingerprint density at radius 1 is 0.943 bits per heavy atom. The fourth-order valence-corrected chi connectivity index (χ4v) is 6.26. The number of halogens is 3. The second kappa shape index (κ2) is 9.80. The molecular weight excluding hydrogens is 497 g/mol. The lowest BCUT2D eigenvalue weighted by atomic mass is 10.1.